The van der Waals surface area contributed by atoms with Crippen molar-refractivity contribution in [3.05, 3.63) is 41.5 Å². The highest BCUT2D eigenvalue weighted by molar-refractivity contribution is 7.13. The minimum absolute atomic E-state index is 0.00385. The van der Waals surface area contributed by atoms with Gasteiger partial charge < -0.3 is 15.0 Å². The number of ether oxygens (including phenoxy) is 1. The lowest BCUT2D eigenvalue weighted by atomic mass is 10.0. The van der Waals surface area contributed by atoms with Crippen molar-refractivity contribution in [3.63, 3.8) is 0 Å². The maximum atomic E-state index is 12.6. The molecule has 0 aliphatic carbocycles. The van der Waals surface area contributed by atoms with Crippen LogP contribution in [0.15, 0.2) is 36.0 Å². The molecule has 30 heavy (non-hydrogen) atoms. The number of ketones is 1. The first-order chi connectivity index (χ1) is 14.5. The third kappa shape index (κ3) is 4.44. The zero-order valence-electron chi connectivity index (χ0n) is 16.9. The van der Waals surface area contributed by atoms with Crippen LogP contribution in [-0.4, -0.2) is 59.3 Å². The predicted molar refractivity (Wildman–Crippen MR) is 113 cm³/mol. The van der Waals surface area contributed by atoms with Crippen molar-refractivity contribution in [2.45, 2.75) is 38.3 Å². The molecule has 0 bridgehead atoms. The van der Waals surface area contributed by atoms with Crippen molar-refractivity contribution in [1.82, 2.24) is 15.2 Å². The third-order valence-corrected chi connectivity index (χ3v) is 6.60. The fourth-order valence-electron chi connectivity index (χ4n) is 4.07. The number of hydrogen-bond donors (Lipinski definition) is 1. The number of rotatable bonds is 7. The van der Waals surface area contributed by atoms with Gasteiger partial charge >= 0.3 is 0 Å². The van der Waals surface area contributed by atoms with Gasteiger partial charge in [-0.3, -0.25) is 19.4 Å². The van der Waals surface area contributed by atoms with E-state index in [1.807, 2.05) is 30.5 Å². The smallest absolute Gasteiger partial charge is 0.252 e. The minimum Gasteiger partial charge on any atom is -0.368 e. The predicted octanol–water partition coefficient (Wildman–Crippen LogP) is 2.53. The molecule has 2 aliphatic rings. The van der Waals surface area contributed by atoms with Crippen molar-refractivity contribution in [2.75, 3.05) is 19.7 Å². The number of thiophene rings is 1. The number of nitrogens with zero attached hydrogens (tertiary/aromatic N) is 2. The third-order valence-electron chi connectivity index (χ3n) is 5.68. The van der Waals surface area contributed by atoms with Crippen LogP contribution in [0.2, 0.25) is 0 Å². The molecule has 2 aromatic rings. The molecule has 2 fully saturated rings. The van der Waals surface area contributed by atoms with Gasteiger partial charge in [0.15, 0.2) is 5.78 Å². The van der Waals surface area contributed by atoms with E-state index >= 15 is 0 Å². The molecular weight excluding hydrogens is 402 g/mol. The van der Waals surface area contributed by atoms with Crippen LogP contribution in [0.25, 0.3) is 10.4 Å². The molecule has 2 aromatic heterocycles. The Morgan fingerprint density at radius 1 is 1.40 bits per heavy atom. The molecular formula is C22H25N3O4S. The van der Waals surface area contributed by atoms with Crippen molar-refractivity contribution in [3.8, 4) is 10.4 Å². The lowest BCUT2D eigenvalue weighted by molar-refractivity contribution is -0.137. The molecule has 4 heterocycles. The summed E-state index contributed by atoms with van der Waals surface area (Å²) in [5.74, 6) is -0.0717. The van der Waals surface area contributed by atoms with Crippen LogP contribution < -0.4 is 5.32 Å². The number of pyridine rings is 1. The summed E-state index contributed by atoms with van der Waals surface area (Å²) in [5, 5.41) is 4.90. The average Bonchev–Trinajstić information content (AvgIpc) is 3.47. The van der Waals surface area contributed by atoms with E-state index in [2.05, 4.69) is 10.3 Å². The normalized spacial score (nSPS) is 21.5. The van der Waals surface area contributed by atoms with Crippen molar-refractivity contribution < 1.29 is 19.1 Å². The Bertz CT molecular complexity index is 930. The van der Waals surface area contributed by atoms with E-state index in [4.69, 9.17) is 4.74 Å². The first-order valence-electron chi connectivity index (χ1n) is 10.2. The summed E-state index contributed by atoms with van der Waals surface area (Å²) >= 11 is 1.60. The average molecular weight is 428 g/mol. The molecule has 0 spiro atoms. The van der Waals surface area contributed by atoms with E-state index in [9.17, 15) is 14.4 Å². The SMILES string of the molecule is CC(CCNC(=O)c1cncc(-c2cccs2)c1)CC(=O)N1CCC2OCC(=O)C21. The summed E-state index contributed by atoms with van der Waals surface area (Å²) in [6.45, 7) is 3.16. The number of fused-ring (bicyclic) bond motifs is 1. The Hall–Kier alpha value is -2.58. The molecule has 2 saturated heterocycles. The van der Waals surface area contributed by atoms with Crippen LogP contribution in [0.5, 0.6) is 0 Å². The van der Waals surface area contributed by atoms with Gasteiger partial charge in [0.1, 0.15) is 12.6 Å². The second-order valence-corrected chi connectivity index (χ2v) is 8.88. The second kappa shape index (κ2) is 9.06. The first-order valence-corrected chi connectivity index (χ1v) is 11.1. The zero-order chi connectivity index (χ0) is 21.1. The largest absolute Gasteiger partial charge is 0.368 e. The number of hydrogen-bond acceptors (Lipinski definition) is 6. The Labute approximate surface area is 179 Å². The summed E-state index contributed by atoms with van der Waals surface area (Å²) < 4.78 is 5.44. The molecule has 2 aliphatic heterocycles. The lowest BCUT2D eigenvalue weighted by Crippen LogP contribution is -2.42. The van der Waals surface area contributed by atoms with Gasteiger partial charge in [-0.2, -0.15) is 0 Å². The van der Waals surface area contributed by atoms with E-state index in [0.29, 0.717) is 31.5 Å². The highest BCUT2D eigenvalue weighted by atomic mass is 32.1. The molecule has 0 aromatic carbocycles. The monoisotopic (exact) mass is 427 g/mol. The standard InChI is InChI=1S/C22H25N3O4S/c1-14(9-20(27)25-7-5-18-21(25)17(26)13-29-18)4-6-24-22(28)16-10-15(11-23-12-16)19-3-2-8-30-19/h2-3,8,10-12,14,18,21H,4-7,9,13H2,1H3,(H,24,28). The fraction of sp³-hybridized carbons (Fsp3) is 0.455. The van der Waals surface area contributed by atoms with E-state index in [1.54, 1.807) is 28.6 Å². The van der Waals surface area contributed by atoms with Crippen LogP contribution in [0.1, 0.15) is 36.5 Å². The summed E-state index contributed by atoms with van der Waals surface area (Å²) in [7, 11) is 0. The van der Waals surface area contributed by atoms with Gasteiger partial charge in [0.2, 0.25) is 5.91 Å². The van der Waals surface area contributed by atoms with E-state index in [0.717, 1.165) is 16.9 Å². The van der Waals surface area contributed by atoms with Gasteiger partial charge in [-0.05, 0) is 36.3 Å². The fourth-order valence-corrected chi connectivity index (χ4v) is 4.78. The number of likely N-dealkylation sites (tertiary alicyclic amines) is 1. The maximum Gasteiger partial charge on any atom is 0.252 e. The summed E-state index contributed by atoms with van der Waals surface area (Å²) in [4.78, 5) is 44.0. The summed E-state index contributed by atoms with van der Waals surface area (Å²) in [6, 6.07) is 5.40. The molecule has 4 rings (SSSR count). The first kappa shape index (κ1) is 20.7. The molecule has 0 saturated carbocycles. The summed E-state index contributed by atoms with van der Waals surface area (Å²) in [5.41, 5.74) is 1.44. The lowest BCUT2D eigenvalue weighted by Gasteiger charge is -2.23. The van der Waals surface area contributed by atoms with Crippen molar-refractivity contribution >= 4 is 28.9 Å². The Morgan fingerprint density at radius 3 is 3.07 bits per heavy atom. The number of carbonyl (C=O) groups is 3. The van der Waals surface area contributed by atoms with Gasteiger partial charge in [0, 0.05) is 42.3 Å². The second-order valence-electron chi connectivity index (χ2n) is 7.93. The number of amides is 2. The molecule has 8 heteroatoms. The van der Waals surface area contributed by atoms with E-state index < -0.39 is 6.04 Å². The zero-order valence-corrected chi connectivity index (χ0v) is 17.7. The minimum atomic E-state index is -0.396. The van der Waals surface area contributed by atoms with Crippen LogP contribution in [0, 0.1) is 5.92 Å². The van der Waals surface area contributed by atoms with Gasteiger partial charge in [0.05, 0.1) is 11.7 Å². The Morgan fingerprint density at radius 2 is 2.27 bits per heavy atom. The highest BCUT2D eigenvalue weighted by Gasteiger charge is 2.46. The number of carbonyl (C=O) groups excluding carboxylic acids is 3. The highest BCUT2D eigenvalue weighted by Crippen LogP contribution is 2.28. The van der Waals surface area contributed by atoms with E-state index in [1.165, 1.54) is 0 Å². The van der Waals surface area contributed by atoms with Gasteiger partial charge in [-0.15, -0.1) is 11.3 Å². The van der Waals surface area contributed by atoms with E-state index in [-0.39, 0.29) is 36.2 Å². The molecule has 3 unspecified atom stereocenters. The topological polar surface area (TPSA) is 88.6 Å². The van der Waals surface area contributed by atoms with Crippen LogP contribution in [0.3, 0.4) is 0 Å². The van der Waals surface area contributed by atoms with Gasteiger partial charge in [-0.25, -0.2) is 0 Å². The van der Waals surface area contributed by atoms with Gasteiger partial charge in [0.25, 0.3) is 5.91 Å². The summed E-state index contributed by atoms with van der Waals surface area (Å²) in [6.07, 6.45) is 4.95. The van der Waals surface area contributed by atoms with Crippen molar-refractivity contribution in [1.29, 1.82) is 0 Å². The molecule has 3 atom stereocenters. The van der Waals surface area contributed by atoms with Gasteiger partial charge in [-0.1, -0.05) is 13.0 Å². The van der Waals surface area contributed by atoms with Crippen LogP contribution in [0.4, 0.5) is 0 Å². The molecule has 2 amide bonds. The number of nitrogens with one attached hydrogen (secondary N) is 1. The number of Topliss-reactive ketones (excluding diaryl/α,β-unsaturated/α-hetero) is 1. The Balaban J connectivity index is 1.24. The molecule has 0 radical (unpaired) electrons. The number of aromatic nitrogens is 1. The molecule has 1 N–H and O–H groups in total. The van der Waals surface area contributed by atoms with Crippen molar-refractivity contribution in [2.24, 2.45) is 5.92 Å². The molecule has 158 valence electrons. The maximum absolute atomic E-state index is 12.6. The van der Waals surface area contributed by atoms with Crippen LogP contribution >= 0.6 is 11.3 Å². The Kier molecular flexibility index (Phi) is 6.24. The quantitative estimate of drug-likeness (QED) is 0.734. The van der Waals surface area contributed by atoms with Crippen LogP contribution in [-0.2, 0) is 14.3 Å². The molecule has 7 nitrogen and oxygen atoms in total.